The van der Waals surface area contributed by atoms with E-state index in [1.54, 1.807) is 24.3 Å². The summed E-state index contributed by atoms with van der Waals surface area (Å²) in [7, 11) is -3.30. The maximum atomic E-state index is 11.4. The number of rotatable bonds is 9. The fraction of sp³-hybridized carbons (Fsp3) is 0.533. The van der Waals surface area contributed by atoms with Crippen LogP contribution >= 0.6 is 12.4 Å². The standard InChI is InChI=1S/C15H25N3O4S.ClH/c1-11(2)15(20)17-9-8-16-10-14(19)12-4-6-13(7-5-12)18-23(3,21)22;/h4-7,11,14,16,18-19H,8-10H2,1-3H3,(H,17,20);1H. The Balaban J connectivity index is 0.00000529. The van der Waals surface area contributed by atoms with Gasteiger partial charge in [0.05, 0.1) is 12.4 Å². The van der Waals surface area contributed by atoms with Crippen LogP contribution in [0.2, 0.25) is 0 Å². The smallest absolute Gasteiger partial charge is 0.229 e. The van der Waals surface area contributed by atoms with Crippen LogP contribution in [0.25, 0.3) is 0 Å². The molecule has 7 nitrogen and oxygen atoms in total. The maximum absolute atomic E-state index is 11.4. The summed E-state index contributed by atoms with van der Waals surface area (Å²) in [5.74, 6) is -0.0408. The molecule has 0 aliphatic heterocycles. The number of halogens is 1. The highest BCUT2D eigenvalue weighted by Gasteiger charge is 2.09. The Kier molecular flexibility index (Phi) is 9.91. The average molecular weight is 380 g/mol. The van der Waals surface area contributed by atoms with Crippen molar-refractivity contribution >= 4 is 34.0 Å². The molecule has 1 amide bonds. The average Bonchev–Trinajstić information content (AvgIpc) is 2.45. The van der Waals surface area contributed by atoms with Crippen molar-refractivity contribution in [2.45, 2.75) is 20.0 Å². The number of carbonyl (C=O) groups is 1. The van der Waals surface area contributed by atoms with Crippen LogP contribution in [0.3, 0.4) is 0 Å². The summed E-state index contributed by atoms with van der Waals surface area (Å²) >= 11 is 0. The Hall–Kier alpha value is -1.35. The second kappa shape index (κ2) is 10.5. The summed E-state index contributed by atoms with van der Waals surface area (Å²) in [6, 6.07) is 6.53. The van der Waals surface area contributed by atoms with Crippen LogP contribution in [-0.2, 0) is 14.8 Å². The molecule has 1 atom stereocenters. The molecule has 0 bridgehead atoms. The Morgan fingerprint density at radius 2 is 1.75 bits per heavy atom. The second-order valence-corrected chi connectivity index (χ2v) is 7.41. The van der Waals surface area contributed by atoms with Crippen molar-refractivity contribution in [3.8, 4) is 0 Å². The zero-order valence-electron chi connectivity index (χ0n) is 14.1. The zero-order valence-corrected chi connectivity index (χ0v) is 15.7. The lowest BCUT2D eigenvalue weighted by Crippen LogP contribution is -2.35. The Morgan fingerprint density at radius 3 is 2.25 bits per heavy atom. The molecule has 0 aliphatic rings. The molecule has 0 aromatic heterocycles. The Morgan fingerprint density at radius 1 is 1.17 bits per heavy atom. The van der Waals surface area contributed by atoms with Crippen LogP contribution in [0.1, 0.15) is 25.5 Å². The highest BCUT2D eigenvalue weighted by Crippen LogP contribution is 2.16. The molecule has 0 fully saturated rings. The fourth-order valence-electron chi connectivity index (χ4n) is 1.82. The van der Waals surface area contributed by atoms with E-state index in [1.807, 2.05) is 13.8 Å². The monoisotopic (exact) mass is 379 g/mol. The molecular weight excluding hydrogens is 354 g/mol. The lowest BCUT2D eigenvalue weighted by molar-refractivity contribution is -0.123. The predicted octanol–water partition coefficient (Wildman–Crippen LogP) is 0.875. The molecule has 1 aromatic carbocycles. The first-order valence-corrected chi connectivity index (χ1v) is 9.32. The molecule has 9 heteroatoms. The highest BCUT2D eigenvalue weighted by molar-refractivity contribution is 7.92. The van der Waals surface area contributed by atoms with Gasteiger partial charge in [0.25, 0.3) is 0 Å². The van der Waals surface area contributed by atoms with Crippen LogP contribution in [0.5, 0.6) is 0 Å². The Bertz CT molecular complexity index is 606. The van der Waals surface area contributed by atoms with E-state index in [4.69, 9.17) is 0 Å². The predicted molar refractivity (Wildman–Crippen MR) is 97.8 cm³/mol. The van der Waals surface area contributed by atoms with Crippen LogP contribution in [0, 0.1) is 5.92 Å². The van der Waals surface area contributed by atoms with E-state index in [0.717, 1.165) is 6.26 Å². The summed E-state index contributed by atoms with van der Waals surface area (Å²) in [6.45, 7) is 5.06. The molecule has 0 radical (unpaired) electrons. The lowest BCUT2D eigenvalue weighted by Gasteiger charge is -2.14. The number of aliphatic hydroxyl groups is 1. The molecule has 138 valence electrons. The molecule has 1 aromatic rings. The zero-order chi connectivity index (χ0) is 17.5. The van der Waals surface area contributed by atoms with Gasteiger partial charge in [-0.2, -0.15) is 0 Å². The van der Waals surface area contributed by atoms with Crippen molar-refractivity contribution in [3.63, 3.8) is 0 Å². The topological polar surface area (TPSA) is 108 Å². The van der Waals surface area contributed by atoms with E-state index in [2.05, 4.69) is 15.4 Å². The van der Waals surface area contributed by atoms with E-state index in [0.29, 0.717) is 30.9 Å². The van der Waals surface area contributed by atoms with Crippen molar-refractivity contribution in [3.05, 3.63) is 29.8 Å². The summed E-state index contributed by atoms with van der Waals surface area (Å²) in [5.41, 5.74) is 1.13. The SMILES string of the molecule is CC(C)C(=O)NCCNCC(O)c1ccc(NS(C)(=O)=O)cc1.Cl. The number of benzene rings is 1. The first-order valence-electron chi connectivity index (χ1n) is 7.43. The summed E-state index contributed by atoms with van der Waals surface area (Å²) < 4.78 is 24.6. The van der Waals surface area contributed by atoms with Gasteiger partial charge in [0.1, 0.15) is 0 Å². The van der Waals surface area contributed by atoms with Crippen molar-refractivity contribution in [2.24, 2.45) is 5.92 Å². The molecule has 24 heavy (non-hydrogen) atoms. The number of nitrogens with one attached hydrogen (secondary N) is 3. The molecule has 1 rings (SSSR count). The van der Waals surface area contributed by atoms with E-state index in [9.17, 15) is 18.3 Å². The molecule has 0 saturated carbocycles. The van der Waals surface area contributed by atoms with Gasteiger partial charge in [-0.25, -0.2) is 8.42 Å². The number of aliphatic hydroxyl groups excluding tert-OH is 1. The number of anilines is 1. The third-order valence-electron chi connectivity index (χ3n) is 3.06. The molecule has 0 heterocycles. The second-order valence-electron chi connectivity index (χ2n) is 5.66. The van der Waals surface area contributed by atoms with E-state index >= 15 is 0 Å². The van der Waals surface area contributed by atoms with Gasteiger partial charge >= 0.3 is 0 Å². The maximum Gasteiger partial charge on any atom is 0.229 e. The van der Waals surface area contributed by atoms with Gasteiger partial charge < -0.3 is 15.7 Å². The minimum absolute atomic E-state index is 0. The van der Waals surface area contributed by atoms with Gasteiger partial charge in [0.2, 0.25) is 15.9 Å². The van der Waals surface area contributed by atoms with E-state index < -0.39 is 16.1 Å². The number of amides is 1. The normalized spacial score (nSPS) is 12.4. The van der Waals surface area contributed by atoms with Crippen molar-refractivity contribution in [1.29, 1.82) is 0 Å². The summed E-state index contributed by atoms with van der Waals surface area (Å²) in [4.78, 5) is 11.4. The van der Waals surface area contributed by atoms with E-state index in [-0.39, 0.29) is 24.2 Å². The van der Waals surface area contributed by atoms with Gasteiger partial charge in [-0.1, -0.05) is 26.0 Å². The van der Waals surface area contributed by atoms with Crippen molar-refractivity contribution in [2.75, 3.05) is 30.6 Å². The Labute approximate surface area is 149 Å². The van der Waals surface area contributed by atoms with Gasteiger partial charge in [-0.3, -0.25) is 9.52 Å². The lowest BCUT2D eigenvalue weighted by atomic mass is 10.1. The molecule has 0 spiro atoms. The van der Waals surface area contributed by atoms with Crippen LogP contribution < -0.4 is 15.4 Å². The van der Waals surface area contributed by atoms with Crippen LogP contribution in [-0.4, -0.2) is 45.3 Å². The molecule has 4 N–H and O–H groups in total. The van der Waals surface area contributed by atoms with Gasteiger partial charge in [0, 0.05) is 31.2 Å². The van der Waals surface area contributed by atoms with Crippen molar-refractivity contribution in [1.82, 2.24) is 10.6 Å². The molecule has 1 unspecified atom stereocenters. The fourth-order valence-corrected chi connectivity index (χ4v) is 2.39. The highest BCUT2D eigenvalue weighted by atomic mass is 35.5. The number of hydrogen-bond donors (Lipinski definition) is 4. The van der Waals surface area contributed by atoms with Crippen LogP contribution in [0.4, 0.5) is 5.69 Å². The first kappa shape index (κ1) is 22.6. The third-order valence-corrected chi connectivity index (χ3v) is 3.67. The number of carbonyl (C=O) groups excluding carboxylic acids is 1. The number of hydrogen-bond acceptors (Lipinski definition) is 5. The van der Waals surface area contributed by atoms with E-state index in [1.165, 1.54) is 0 Å². The molecule has 0 aliphatic carbocycles. The number of sulfonamides is 1. The largest absolute Gasteiger partial charge is 0.387 e. The first-order chi connectivity index (χ1) is 10.7. The van der Waals surface area contributed by atoms with Gasteiger partial charge in [-0.15, -0.1) is 12.4 Å². The molecule has 0 saturated heterocycles. The van der Waals surface area contributed by atoms with Gasteiger partial charge in [-0.05, 0) is 17.7 Å². The summed E-state index contributed by atoms with van der Waals surface area (Å²) in [5, 5.41) is 15.9. The quantitative estimate of drug-likeness (QED) is 0.476. The molecular formula is C15H26ClN3O4S. The minimum Gasteiger partial charge on any atom is -0.387 e. The minimum atomic E-state index is -3.30. The third kappa shape index (κ3) is 9.07. The summed E-state index contributed by atoms with van der Waals surface area (Å²) in [6.07, 6.45) is 0.376. The van der Waals surface area contributed by atoms with Gasteiger partial charge in [0.15, 0.2) is 0 Å². The van der Waals surface area contributed by atoms with Crippen molar-refractivity contribution < 1.29 is 18.3 Å². The van der Waals surface area contributed by atoms with Crippen LogP contribution in [0.15, 0.2) is 24.3 Å².